The highest BCUT2D eigenvalue weighted by molar-refractivity contribution is 5.65. The van der Waals surface area contributed by atoms with Crippen molar-refractivity contribution >= 4 is 6.08 Å². The molecule has 0 heterocycles. The van der Waals surface area contributed by atoms with Crippen LogP contribution in [0.3, 0.4) is 0 Å². The van der Waals surface area contributed by atoms with E-state index in [1.807, 2.05) is 6.07 Å². The maximum atomic E-state index is 9.02. The average molecular weight is 266 g/mol. The van der Waals surface area contributed by atoms with E-state index < -0.39 is 7.04 Å². The summed E-state index contributed by atoms with van der Waals surface area (Å²) in [6, 6.07) is 5.12. The molecule has 0 spiro atoms. The maximum Gasteiger partial charge on any atom is 0.203 e. The Kier molecular flexibility index (Phi) is 4.11. The van der Waals surface area contributed by atoms with E-state index in [4.69, 9.17) is 28.3 Å². The maximum absolute atomic E-state index is 9.02. The molecule has 0 unspecified atom stereocenters. The molecule has 5 nitrogen and oxygen atoms in total. The van der Waals surface area contributed by atoms with Gasteiger partial charge in [0.1, 0.15) is 0 Å². The van der Waals surface area contributed by atoms with Crippen molar-refractivity contribution in [2.45, 2.75) is 0 Å². The first-order valence-electron chi connectivity index (χ1n) is 6.89. The van der Waals surface area contributed by atoms with E-state index in [0.717, 1.165) is 0 Å². The van der Waals surface area contributed by atoms with E-state index >= 15 is 0 Å². The molecule has 0 aromatic heterocycles. The van der Waals surface area contributed by atoms with Gasteiger partial charge in [-0.1, -0.05) is 0 Å². The molecule has 0 amide bonds. The van der Waals surface area contributed by atoms with Gasteiger partial charge >= 0.3 is 0 Å². The van der Waals surface area contributed by atoms with Crippen LogP contribution in [0.2, 0.25) is 0 Å². The summed E-state index contributed by atoms with van der Waals surface area (Å²) in [4.78, 5) is 0. The van der Waals surface area contributed by atoms with Crippen LogP contribution in [0.25, 0.3) is 6.08 Å². The predicted octanol–water partition coefficient (Wildman–Crippen LogP) is 2.27. The number of methoxy groups -OCH3 is 4. The zero-order chi connectivity index (χ0) is 16.8. The molecule has 0 bridgehead atoms. The lowest BCUT2D eigenvalue weighted by atomic mass is 10.1. The fourth-order valence-electron chi connectivity index (χ4n) is 1.55. The van der Waals surface area contributed by atoms with Crippen LogP contribution in [0.5, 0.6) is 17.2 Å². The number of ether oxygens (including phenoxy) is 4. The van der Waals surface area contributed by atoms with Gasteiger partial charge in [-0.3, -0.25) is 0 Å². The lowest BCUT2D eigenvalue weighted by Gasteiger charge is -2.13. The molecule has 0 aliphatic heterocycles. The summed E-state index contributed by atoms with van der Waals surface area (Å²) >= 11 is 0. The zero-order valence-corrected chi connectivity index (χ0v) is 11.0. The molecule has 5 heteroatoms. The molecule has 19 heavy (non-hydrogen) atoms. The van der Waals surface area contributed by atoms with Crippen molar-refractivity contribution in [2.24, 2.45) is 0 Å². The first-order chi connectivity index (χ1) is 10.3. The normalized spacial score (nSPS) is 13.8. The second-order valence-electron chi connectivity index (χ2n) is 3.57. The highest BCUT2D eigenvalue weighted by atomic mass is 16.5. The van der Waals surface area contributed by atoms with Crippen LogP contribution in [0.15, 0.2) is 17.7 Å². The van der Waals surface area contributed by atoms with E-state index in [-0.39, 0.29) is 23.9 Å². The standard InChI is InChI=1S/C14H17NO4/c1-16-9-11(8-15)5-10-6-12(17-2)14(19-4)13(7-10)18-3/h5-7H,9H2,1-4H3/b11-5+/i4D3. The highest BCUT2D eigenvalue weighted by Gasteiger charge is 2.12. The fourth-order valence-corrected chi connectivity index (χ4v) is 1.55. The minimum Gasteiger partial charge on any atom is -0.493 e. The molecule has 1 rings (SSSR count). The van der Waals surface area contributed by atoms with Gasteiger partial charge in [0.05, 0.1) is 43.6 Å². The number of nitriles is 1. The van der Waals surface area contributed by atoms with Gasteiger partial charge < -0.3 is 18.9 Å². The van der Waals surface area contributed by atoms with Gasteiger partial charge in [-0.05, 0) is 23.8 Å². The number of hydrogen-bond acceptors (Lipinski definition) is 5. The molecule has 0 saturated heterocycles. The van der Waals surface area contributed by atoms with Crippen LogP contribution in [0, 0.1) is 11.3 Å². The lowest BCUT2D eigenvalue weighted by molar-refractivity contribution is 0.229. The van der Waals surface area contributed by atoms with Crippen molar-refractivity contribution in [3.8, 4) is 23.3 Å². The Morgan fingerprint density at radius 3 is 2.32 bits per heavy atom. The van der Waals surface area contributed by atoms with E-state index in [1.165, 1.54) is 21.3 Å². The molecule has 102 valence electrons. The number of rotatable bonds is 6. The smallest absolute Gasteiger partial charge is 0.203 e. The summed E-state index contributed by atoms with van der Waals surface area (Å²) in [6.45, 7) is 0.161. The van der Waals surface area contributed by atoms with Crippen molar-refractivity contribution in [1.29, 1.82) is 5.26 Å². The molecule has 0 aliphatic rings. The van der Waals surface area contributed by atoms with Crippen molar-refractivity contribution in [3.63, 3.8) is 0 Å². The molecule has 0 fully saturated rings. The second-order valence-corrected chi connectivity index (χ2v) is 3.57. The molecule has 1 aromatic carbocycles. The SMILES string of the molecule is [2H]C([2H])([2H])Oc1c(OC)cc(/C=C(\C#N)COC)cc1OC. The van der Waals surface area contributed by atoms with E-state index in [2.05, 4.69) is 0 Å². The van der Waals surface area contributed by atoms with Crippen LogP contribution in [-0.2, 0) is 4.74 Å². The Hall–Kier alpha value is -2.19. The van der Waals surface area contributed by atoms with Crippen LogP contribution in [-0.4, -0.2) is 35.0 Å². The van der Waals surface area contributed by atoms with Crippen LogP contribution < -0.4 is 14.2 Å². The highest BCUT2D eigenvalue weighted by Crippen LogP contribution is 2.38. The average Bonchev–Trinajstić information content (AvgIpc) is 2.46. The predicted molar refractivity (Wildman–Crippen MR) is 71.6 cm³/mol. The summed E-state index contributed by atoms with van der Waals surface area (Å²) < 4.78 is 41.7. The Morgan fingerprint density at radius 1 is 1.26 bits per heavy atom. The third-order valence-electron chi connectivity index (χ3n) is 2.37. The molecule has 0 saturated carbocycles. The lowest BCUT2D eigenvalue weighted by Crippen LogP contribution is -1.96. The molecule has 0 N–H and O–H groups in total. The van der Waals surface area contributed by atoms with Gasteiger partial charge in [0.2, 0.25) is 5.75 Å². The largest absolute Gasteiger partial charge is 0.493 e. The first kappa shape index (κ1) is 10.7. The van der Waals surface area contributed by atoms with E-state index in [0.29, 0.717) is 11.1 Å². The van der Waals surface area contributed by atoms with Gasteiger partial charge in [0.15, 0.2) is 11.5 Å². The summed E-state index contributed by atoms with van der Waals surface area (Å²) in [6.07, 6.45) is 1.59. The summed E-state index contributed by atoms with van der Waals surface area (Å²) in [7, 11) is 1.62. The second kappa shape index (κ2) is 7.29. The van der Waals surface area contributed by atoms with Crippen LogP contribution in [0.4, 0.5) is 0 Å². The summed E-state index contributed by atoms with van der Waals surface area (Å²) in [5, 5.41) is 9.02. The monoisotopic (exact) mass is 266 g/mol. The number of hydrogen-bond donors (Lipinski definition) is 0. The zero-order valence-electron chi connectivity index (χ0n) is 14.0. The third-order valence-corrected chi connectivity index (χ3v) is 2.37. The Morgan fingerprint density at radius 2 is 1.89 bits per heavy atom. The van der Waals surface area contributed by atoms with Crippen molar-refractivity contribution in [2.75, 3.05) is 35.0 Å². The quantitative estimate of drug-likeness (QED) is 0.739. The molecular weight excluding hydrogens is 246 g/mol. The molecular formula is C14H17NO4. The van der Waals surface area contributed by atoms with Crippen molar-refractivity contribution in [3.05, 3.63) is 23.3 Å². The van der Waals surface area contributed by atoms with E-state index in [1.54, 1.807) is 18.2 Å². The van der Waals surface area contributed by atoms with Crippen LogP contribution in [0.1, 0.15) is 9.68 Å². The van der Waals surface area contributed by atoms with Crippen molar-refractivity contribution in [1.82, 2.24) is 0 Å². The van der Waals surface area contributed by atoms with Gasteiger partial charge in [0.25, 0.3) is 0 Å². The Labute approximate surface area is 117 Å². The van der Waals surface area contributed by atoms with Gasteiger partial charge in [0, 0.05) is 7.11 Å². The summed E-state index contributed by atoms with van der Waals surface area (Å²) in [5.74, 6) is 0.361. The van der Waals surface area contributed by atoms with Crippen molar-refractivity contribution < 1.29 is 23.1 Å². The number of benzene rings is 1. The fraction of sp³-hybridized carbons (Fsp3) is 0.357. The molecule has 0 atom stereocenters. The Balaban J connectivity index is 3.34. The Bertz CT molecular complexity index is 566. The van der Waals surface area contributed by atoms with Gasteiger partial charge in [-0.2, -0.15) is 5.26 Å². The van der Waals surface area contributed by atoms with Gasteiger partial charge in [-0.25, -0.2) is 0 Å². The first-order valence-corrected chi connectivity index (χ1v) is 5.39. The molecule has 0 aliphatic carbocycles. The third kappa shape index (κ3) is 3.63. The van der Waals surface area contributed by atoms with E-state index in [9.17, 15) is 0 Å². The molecule has 1 aromatic rings. The number of nitrogens with zero attached hydrogens (tertiary/aromatic N) is 1. The summed E-state index contributed by atoms with van der Waals surface area (Å²) in [5.41, 5.74) is 0.997. The minimum atomic E-state index is -2.63. The van der Waals surface area contributed by atoms with Crippen LogP contribution >= 0.6 is 0 Å². The van der Waals surface area contributed by atoms with Gasteiger partial charge in [-0.15, -0.1) is 0 Å². The topological polar surface area (TPSA) is 60.7 Å². The minimum absolute atomic E-state index is 0.0209. The molecule has 0 radical (unpaired) electrons.